The van der Waals surface area contributed by atoms with Crippen molar-refractivity contribution in [1.82, 2.24) is 4.90 Å². The van der Waals surface area contributed by atoms with Crippen LogP contribution in [0.25, 0.3) is 0 Å². The predicted octanol–water partition coefficient (Wildman–Crippen LogP) is 2.52. The highest BCUT2D eigenvalue weighted by Gasteiger charge is 2.26. The molecule has 0 spiro atoms. The van der Waals surface area contributed by atoms with E-state index in [0.717, 1.165) is 31.4 Å². The highest BCUT2D eigenvalue weighted by molar-refractivity contribution is 5.95. The molecule has 1 N–H and O–H groups in total. The number of hydrogen-bond acceptors (Lipinski definition) is 3. The van der Waals surface area contributed by atoms with Crippen LogP contribution in [0.15, 0.2) is 10.5 Å². The van der Waals surface area contributed by atoms with Crippen LogP contribution >= 0.6 is 0 Å². The molecule has 1 aromatic heterocycles. The molecule has 2 rings (SSSR count). The van der Waals surface area contributed by atoms with Crippen molar-refractivity contribution in [2.45, 2.75) is 45.6 Å². The fraction of sp³-hybridized carbons (Fsp3) is 0.667. The molecule has 1 heterocycles. The quantitative estimate of drug-likeness (QED) is 0.913. The van der Waals surface area contributed by atoms with Gasteiger partial charge in [0.2, 0.25) is 0 Å². The van der Waals surface area contributed by atoms with E-state index in [2.05, 4.69) is 0 Å². The van der Waals surface area contributed by atoms with E-state index >= 15 is 0 Å². The summed E-state index contributed by atoms with van der Waals surface area (Å²) in [6.45, 7) is 4.27. The Morgan fingerprint density at radius 2 is 2.11 bits per heavy atom. The van der Waals surface area contributed by atoms with E-state index in [9.17, 15) is 9.90 Å². The summed E-state index contributed by atoms with van der Waals surface area (Å²) in [5, 5.41) is 9.97. The van der Waals surface area contributed by atoms with Gasteiger partial charge in [-0.25, -0.2) is 0 Å². The van der Waals surface area contributed by atoms with Gasteiger partial charge < -0.3 is 14.4 Å². The van der Waals surface area contributed by atoms with Gasteiger partial charge in [0.05, 0.1) is 11.7 Å². The predicted molar refractivity (Wildman–Crippen MR) is 73.1 cm³/mol. The van der Waals surface area contributed by atoms with Gasteiger partial charge in [-0.1, -0.05) is 12.8 Å². The van der Waals surface area contributed by atoms with Crippen molar-refractivity contribution in [3.63, 3.8) is 0 Å². The number of aryl methyl sites for hydroxylation is 2. The van der Waals surface area contributed by atoms with Crippen molar-refractivity contribution >= 4 is 5.91 Å². The van der Waals surface area contributed by atoms with Crippen LogP contribution in [0.4, 0.5) is 0 Å². The van der Waals surface area contributed by atoms with Gasteiger partial charge in [-0.05, 0) is 32.8 Å². The average molecular weight is 265 g/mol. The zero-order valence-corrected chi connectivity index (χ0v) is 12.0. The molecular formula is C15H23NO3. The lowest BCUT2D eigenvalue weighted by Gasteiger charge is -2.31. The molecular weight excluding hydrogens is 242 g/mol. The first-order chi connectivity index (χ1) is 8.99. The Labute approximate surface area is 114 Å². The number of carbonyl (C=O) groups is 1. The van der Waals surface area contributed by atoms with Crippen molar-refractivity contribution in [3.05, 3.63) is 23.2 Å². The van der Waals surface area contributed by atoms with E-state index in [-0.39, 0.29) is 17.9 Å². The van der Waals surface area contributed by atoms with Gasteiger partial charge in [-0.2, -0.15) is 0 Å². The summed E-state index contributed by atoms with van der Waals surface area (Å²) in [5.41, 5.74) is 0.630. The van der Waals surface area contributed by atoms with Gasteiger partial charge in [-0.3, -0.25) is 4.79 Å². The second-order valence-corrected chi connectivity index (χ2v) is 5.62. The van der Waals surface area contributed by atoms with Crippen molar-refractivity contribution < 1.29 is 14.3 Å². The van der Waals surface area contributed by atoms with Crippen molar-refractivity contribution in [2.24, 2.45) is 5.92 Å². The van der Waals surface area contributed by atoms with Gasteiger partial charge in [0.25, 0.3) is 5.91 Å². The molecule has 1 fully saturated rings. The Morgan fingerprint density at radius 1 is 1.42 bits per heavy atom. The smallest absolute Gasteiger partial charge is 0.257 e. The number of aliphatic hydroxyl groups excluding tert-OH is 1. The number of nitrogens with zero attached hydrogens (tertiary/aromatic N) is 1. The maximum Gasteiger partial charge on any atom is 0.257 e. The van der Waals surface area contributed by atoms with E-state index < -0.39 is 0 Å². The maximum atomic E-state index is 12.3. The summed E-state index contributed by atoms with van der Waals surface area (Å²) in [5.74, 6) is 1.61. The van der Waals surface area contributed by atoms with Crippen molar-refractivity contribution in [3.8, 4) is 0 Å². The summed E-state index contributed by atoms with van der Waals surface area (Å²) in [6, 6.07) is 1.78. The Morgan fingerprint density at radius 3 is 2.68 bits per heavy atom. The monoisotopic (exact) mass is 265 g/mol. The molecule has 4 heteroatoms. The van der Waals surface area contributed by atoms with Crippen LogP contribution in [0.5, 0.6) is 0 Å². The molecule has 1 aliphatic rings. The van der Waals surface area contributed by atoms with Gasteiger partial charge in [0.1, 0.15) is 11.5 Å². The lowest BCUT2D eigenvalue weighted by atomic mass is 9.86. The molecule has 1 saturated carbocycles. The fourth-order valence-electron chi connectivity index (χ4n) is 2.88. The van der Waals surface area contributed by atoms with Crippen LogP contribution < -0.4 is 0 Å². The number of hydrogen-bond donors (Lipinski definition) is 1. The molecule has 19 heavy (non-hydrogen) atoms. The fourth-order valence-corrected chi connectivity index (χ4v) is 2.88. The normalized spacial score (nSPS) is 23.4. The number of rotatable bonds is 3. The van der Waals surface area contributed by atoms with Crippen LogP contribution in [0.2, 0.25) is 0 Å². The second kappa shape index (κ2) is 5.78. The SMILES string of the molecule is Cc1cc(C(=O)N(C)CC2CCCCC2O)c(C)o1. The van der Waals surface area contributed by atoms with E-state index in [4.69, 9.17) is 4.42 Å². The average Bonchev–Trinajstić information content (AvgIpc) is 2.70. The Kier molecular flexibility index (Phi) is 4.30. The van der Waals surface area contributed by atoms with Crippen LogP contribution in [-0.4, -0.2) is 35.6 Å². The maximum absolute atomic E-state index is 12.3. The van der Waals surface area contributed by atoms with Gasteiger partial charge in [0, 0.05) is 19.5 Å². The lowest BCUT2D eigenvalue weighted by molar-refractivity contribution is 0.0450. The van der Waals surface area contributed by atoms with E-state index in [1.165, 1.54) is 0 Å². The topological polar surface area (TPSA) is 53.7 Å². The molecule has 0 bridgehead atoms. The Balaban J connectivity index is 2.01. The molecule has 0 radical (unpaired) electrons. The van der Waals surface area contributed by atoms with Crippen LogP contribution in [0.1, 0.15) is 47.6 Å². The van der Waals surface area contributed by atoms with Crippen molar-refractivity contribution in [1.29, 1.82) is 0 Å². The van der Waals surface area contributed by atoms with E-state index in [1.807, 2.05) is 13.8 Å². The van der Waals surface area contributed by atoms with Crippen LogP contribution in [0.3, 0.4) is 0 Å². The van der Waals surface area contributed by atoms with Gasteiger partial charge in [0.15, 0.2) is 0 Å². The summed E-state index contributed by atoms with van der Waals surface area (Å²) in [4.78, 5) is 14.0. The molecule has 106 valence electrons. The van der Waals surface area contributed by atoms with Gasteiger partial charge in [-0.15, -0.1) is 0 Å². The molecule has 1 aromatic rings. The number of carbonyl (C=O) groups excluding carboxylic acids is 1. The van der Waals surface area contributed by atoms with E-state index in [1.54, 1.807) is 18.0 Å². The minimum absolute atomic E-state index is 0.0212. The van der Waals surface area contributed by atoms with Crippen LogP contribution in [-0.2, 0) is 0 Å². The largest absolute Gasteiger partial charge is 0.466 e. The number of aliphatic hydroxyl groups is 1. The molecule has 2 unspecified atom stereocenters. The molecule has 0 aliphatic heterocycles. The molecule has 0 aromatic carbocycles. The highest BCUT2D eigenvalue weighted by Crippen LogP contribution is 2.25. The molecule has 2 atom stereocenters. The zero-order valence-electron chi connectivity index (χ0n) is 12.0. The van der Waals surface area contributed by atoms with Crippen molar-refractivity contribution in [2.75, 3.05) is 13.6 Å². The highest BCUT2D eigenvalue weighted by atomic mass is 16.3. The molecule has 1 aliphatic carbocycles. The minimum Gasteiger partial charge on any atom is -0.466 e. The molecule has 4 nitrogen and oxygen atoms in total. The lowest BCUT2D eigenvalue weighted by Crippen LogP contribution is -2.38. The van der Waals surface area contributed by atoms with Crippen LogP contribution in [0, 0.1) is 19.8 Å². The minimum atomic E-state index is -0.267. The number of furan rings is 1. The summed E-state index contributed by atoms with van der Waals surface area (Å²) >= 11 is 0. The third kappa shape index (κ3) is 3.18. The first-order valence-electron chi connectivity index (χ1n) is 6.99. The van der Waals surface area contributed by atoms with Gasteiger partial charge >= 0.3 is 0 Å². The summed E-state index contributed by atoms with van der Waals surface area (Å²) in [6.07, 6.45) is 3.83. The number of amides is 1. The molecule has 0 saturated heterocycles. The second-order valence-electron chi connectivity index (χ2n) is 5.62. The first-order valence-corrected chi connectivity index (χ1v) is 6.99. The summed E-state index contributed by atoms with van der Waals surface area (Å²) in [7, 11) is 1.80. The first kappa shape index (κ1) is 14.1. The third-order valence-corrected chi connectivity index (χ3v) is 4.00. The molecule has 1 amide bonds. The van der Waals surface area contributed by atoms with E-state index in [0.29, 0.717) is 17.9 Å². The summed E-state index contributed by atoms with van der Waals surface area (Å²) < 4.78 is 5.40. The standard InChI is InChI=1S/C15H23NO3/c1-10-8-13(11(2)19-10)15(18)16(3)9-12-6-4-5-7-14(12)17/h8,12,14,17H,4-7,9H2,1-3H3. The Bertz CT molecular complexity index is 452. The Hall–Kier alpha value is -1.29. The third-order valence-electron chi connectivity index (χ3n) is 4.00. The zero-order chi connectivity index (χ0) is 14.0.